The van der Waals surface area contributed by atoms with Crippen LogP contribution in [0.1, 0.15) is 18.7 Å². The van der Waals surface area contributed by atoms with E-state index in [2.05, 4.69) is 14.8 Å². The van der Waals surface area contributed by atoms with Gasteiger partial charge in [0.15, 0.2) is 12.0 Å². The lowest BCUT2D eigenvalue weighted by atomic mass is 10.3. The van der Waals surface area contributed by atoms with Gasteiger partial charge in [-0.05, 0) is 32.1 Å². The van der Waals surface area contributed by atoms with Crippen LogP contribution in [0.25, 0.3) is 0 Å². The number of halogens is 2. The van der Waals surface area contributed by atoms with Crippen molar-refractivity contribution in [2.75, 3.05) is 13.7 Å². The minimum atomic E-state index is -4.20. The molecular weight excluding hydrogens is 512 g/mol. The first-order valence-corrected chi connectivity index (χ1v) is 12.2. The zero-order valence-corrected chi connectivity index (χ0v) is 20.7. The number of esters is 1. The minimum absolute atomic E-state index is 0.0295. The highest BCUT2D eigenvalue weighted by Gasteiger charge is 2.34. The number of hydrogen-bond donors (Lipinski definition) is 2. The molecule has 1 aliphatic rings. The van der Waals surface area contributed by atoms with Gasteiger partial charge >= 0.3 is 19.4 Å². The van der Waals surface area contributed by atoms with Gasteiger partial charge in [-0.2, -0.15) is 5.09 Å². The first kappa shape index (κ1) is 26.2. The molecule has 2 aromatic rings. The average Bonchev–Trinajstić information content (AvgIpc) is 3.25. The van der Waals surface area contributed by atoms with Gasteiger partial charge in [0.25, 0.3) is 5.56 Å². The van der Waals surface area contributed by atoms with E-state index in [4.69, 9.17) is 37.0 Å². The van der Waals surface area contributed by atoms with Crippen molar-refractivity contribution in [3.63, 3.8) is 0 Å². The van der Waals surface area contributed by atoms with Crippen LogP contribution in [0.3, 0.4) is 0 Å². The normalized spacial score (nSPS) is 20.0. The Morgan fingerprint density at radius 1 is 1.32 bits per heavy atom. The number of carbonyl (C=O) groups is 1. The number of aromatic amines is 1. The van der Waals surface area contributed by atoms with E-state index in [0.29, 0.717) is 5.56 Å². The van der Waals surface area contributed by atoms with Crippen LogP contribution in [0.2, 0.25) is 10.0 Å². The smallest absolute Gasteiger partial charge is 0.459 e. The van der Waals surface area contributed by atoms with Gasteiger partial charge in [0.2, 0.25) is 0 Å². The van der Waals surface area contributed by atoms with Crippen molar-refractivity contribution in [1.29, 1.82) is 0 Å². The molecule has 0 saturated carbocycles. The fourth-order valence-electron chi connectivity index (χ4n) is 2.92. The topological polar surface area (TPSA) is 138 Å². The first-order chi connectivity index (χ1) is 16.0. The summed E-state index contributed by atoms with van der Waals surface area (Å²) in [6, 6.07) is 3.26. The Morgan fingerprint density at radius 3 is 2.76 bits per heavy atom. The van der Waals surface area contributed by atoms with Gasteiger partial charge < -0.3 is 14.0 Å². The maximum absolute atomic E-state index is 13.5. The van der Waals surface area contributed by atoms with Gasteiger partial charge in [0.1, 0.15) is 12.1 Å². The fraction of sp³-hybridized carbons (Fsp3) is 0.350. The molecule has 0 fully saturated rings. The van der Waals surface area contributed by atoms with Crippen molar-refractivity contribution in [1.82, 2.24) is 14.6 Å². The summed E-state index contributed by atoms with van der Waals surface area (Å²) in [7, 11) is -3.02. The number of aromatic nitrogens is 2. The number of nitrogens with one attached hydrogen (secondary N) is 2. The highest BCUT2D eigenvalue weighted by atomic mass is 35.5. The Hall–Kier alpha value is -2.40. The summed E-state index contributed by atoms with van der Waals surface area (Å²) in [4.78, 5) is 37.7. The Morgan fingerprint density at radius 2 is 2.06 bits per heavy atom. The molecule has 3 rings (SSSR count). The highest BCUT2D eigenvalue weighted by Crippen LogP contribution is 2.47. The summed E-state index contributed by atoms with van der Waals surface area (Å²) in [5.41, 5.74) is -0.815. The second-order valence-corrected chi connectivity index (χ2v) is 9.80. The second-order valence-electron chi connectivity index (χ2n) is 7.26. The summed E-state index contributed by atoms with van der Waals surface area (Å²) >= 11 is 12.1. The molecule has 1 aromatic carbocycles. The van der Waals surface area contributed by atoms with Crippen LogP contribution < -0.4 is 20.9 Å². The maximum atomic E-state index is 13.5. The molecule has 14 heteroatoms. The molecule has 34 heavy (non-hydrogen) atoms. The van der Waals surface area contributed by atoms with Gasteiger partial charge in [-0.15, -0.1) is 0 Å². The van der Waals surface area contributed by atoms with Crippen LogP contribution in [0.4, 0.5) is 0 Å². The van der Waals surface area contributed by atoms with Crippen molar-refractivity contribution >= 4 is 36.9 Å². The van der Waals surface area contributed by atoms with Crippen LogP contribution >= 0.6 is 30.9 Å². The molecule has 11 nitrogen and oxygen atoms in total. The Kier molecular flexibility index (Phi) is 8.40. The molecule has 4 atom stereocenters. The molecule has 0 spiro atoms. The molecule has 2 heterocycles. The number of aryl methyl sites for hydroxylation is 1. The van der Waals surface area contributed by atoms with Gasteiger partial charge in [-0.3, -0.25) is 23.7 Å². The summed E-state index contributed by atoms with van der Waals surface area (Å²) in [5.74, 6) is -0.729. The minimum Gasteiger partial charge on any atom is -0.468 e. The number of rotatable bonds is 9. The molecule has 1 aromatic heterocycles. The van der Waals surface area contributed by atoms with Crippen molar-refractivity contribution in [3.8, 4) is 5.75 Å². The summed E-state index contributed by atoms with van der Waals surface area (Å²) < 4.78 is 36.1. The number of methoxy groups -OCH3 is 1. The Balaban J connectivity index is 1.75. The van der Waals surface area contributed by atoms with E-state index in [1.54, 1.807) is 19.1 Å². The Labute approximate surface area is 204 Å². The van der Waals surface area contributed by atoms with Gasteiger partial charge in [0, 0.05) is 22.8 Å². The monoisotopic (exact) mass is 533 g/mol. The highest BCUT2D eigenvalue weighted by molar-refractivity contribution is 7.52. The van der Waals surface area contributed by atoms with Crippen LogP contribution in [0, 0.1) is 6.92 Å². The number of H-pyrrole nitrogens is 1. The van der Waals surface area contributed by atoms with E-state index < -0.39 is 43.3 Å². The van der Waals surface area contributed by atoms with Crippen molar-refractivity contribution in [3.05, 3.63) is 73.0 Å². The van der Waals surface area contributed by atoms with Crippen molar-refractivity contribution in [2.45, 2.75) is 32.2 Å². The van der Waals surface area contributed by atoms with Gasteiger partial charge in [-0.1, -0.05) is 29.3 Å². The molecule has 0 bridgehead atoms. The second kappa shape index (κ2) is 10.9. The zero-order valence-electron chi connectivity index (χ0n) is 18.3. The Bertz CT molecular complexity index is 1260. The lowest BCUT2D eigenvalue weighted by molar-refractivity contribution is -0.142. The molecule has 2 N–H and O–H groups in total. The average molecular weight is 534 g/mol. The molecule has 0 aliphatic carbocycles. The predicted molar refractivity (Wildman–Crippen MR) is 124 cm³/mol. The quantitative estimate of drug-likeness (QED) is 0.283. The van der Waals surface area contributed by atoms with Crippen LogP contribution in [-0.2, 0) is 23.4 Å². The molecule has 184 valence electrons. The fourth-order valence-corrected chi connectivity index (χ4v) is 4.81. The van der Waals surface area contributed by atoms with Gasteiger partial charge in [0.05, 0.1) is 18.7 Å². The van der Waals surface area contributed by atoms with Gasteiger partial charge in [-0.25, -0.2) is 9.36 Å². The van der Waals surface area contributed by atoms with E-state index in [0.717, 1.165) is 0 Å². The van der Waals surface area contributed by atoms with Crippen LogP contribution in [0.15, 0.2) is 46.1 Å². The first-order valence-electron chi connectivity index (χ1n) is 9.92. The zero-order chi connectivity index (χ0) is 25.0. The summed E-state index contributed by atoms with van der Waals surface area (Å²) in [6.07, 6.45) is 3.00. The molecule has 2 unspecified atom stereocenters. The van der Waals surface area contributed by atoms with E-state index in [1.165, 1.54) is 43.0 Å². The number of carbonyl (C=O) groups excluding carboxylic acids is 1. The lowest BCUT2D eigenvalue weighted by Crippen LogP contribution is -2.35. The lowest BCUT2D eigenvalue weighted by Gasteiger charge is -2.24. The summed E-state index contributed by atoms with van der Waals surface area (Å²) in [6.45, 7) is 2.69. The largest absolute Gasteiger partial charge is 0.468 e. The molecule has 1 aliphatic heterocycles. The van der Waals surface area contributed by atoms with Crippen LogP contribution in [0.5, 0.6) is 5.75 Å². The van der Waals surface area contributed by atoms with E-state index in [9.17, 15) is 18.9 Å². The van der Waals surface area contributed by atoms with Crippen LogP contribution in [-0.4, -0.2) is 41.4 Å². The van der Waals surface area contributed by atoms with Crippen molar-refractivity contribution < 1.29 is 27.9 Å². The maximum Gasteiger partial charge on any atom is 0.459 e. The SMILES string of the molecule is COC(=O)C(C)NP(=O)(OC[C@@H]1C=C[C@H](n2cc(C)c(=O)[nH]c2=O)O1)Oc1cc(Cl)ccc1Cl. The third-order valence-electron chi connectivity index (χ3n) is 4.65. The molecule has 0 saturated heterocycles. The van der Waals surface area contributed by atoms with E-state index in [-0.39, 0.29) is 22.4 Å². The molecule has 0 radical (unpaired) electrons. The van der Waals surface area contributed by atoms with E-state index in [1.807, 2.05) is 0 Å². The number of nitrogens with zero attached hydrogens (tertiary/aromatic N) is 1. The number of hydrogen-bond acceptors (Lipinski definition) is 8. The number of benzene rings is 1. The van der Waals surface area contributed by atoms with Crippen molar-refractivity contribution in [2.24, 2.45) is 0 Å². The predicted octanol–water partition coefficient (Wildman–Crippen LogP) is 2.96. The summed E-state index contributed by atoms with van der Waals surface area (Å²) in [5, 5.41) is 2.88. The third-order valence-corrected chi connectivity index (χ3v) is 6.83. The molecular formula is C20H22Cl2N3O8P. The standard InChI is InChI=1S/C20H22Cl2N3O8P/c1-11-9-25(20(28)23-18(11)26)17-7-5-14(32-17)10-31-34(29,24-12(2)19(27)30-3)33-16-8-13(21)4-6-15(16)22/h4-9,12,14,17H,10H2,1-3H3,(H,24,29)(H,23,26,28)/t12?,14-,17+,34?/m0/s1. The molecule has 0 amide bonds. The van der Waals surface area contributed by atoms with E-state index >= 15 is 0 Å². The third kappa shape index (κ3) is 6.38. The number of ether oxygens (including phenoxy) is 2.